The van der Waals surface area contributed by atoms with Gasteiger partial charge in [0.05, 0.1) is 6.61 Å². The van der Waals surface area contributed by atoms with E-state index in [2.05, 4.69) is 5.32 Å². The van der Waals surface area contributed by atoms with E-state index in [0.29, 0.717) is 5.69 Å². The average molecular weight is 232 g/mol. The molecule has 1 atom stereocenters. The van der Waals surface area contributed by atoms with Gasteiger partial charge in [-0.2, -0.15) is 4.73 Å². The second-order valence-corrected chi connectivity index (χ2v) is 4.23. The molecule has 1 aliphatic heterocycles. The Morgan fingerprint density at radius 3 is 2.88 bits per heavy atom. The second kappa shape index (κ2) is 4.59. The Morgan fingerprint density at radius 1 is 1.41 bits per heavy atom. The molecule has 2 heterocycles. The Kier molecular flexibility index (Phi) is 3.15. The number of nitrogens with zero attached hydrogens (tertiary/aromatic N) is 1. The first kappa shape index (κ1) is 11.7. The van der Waals surface area contributed by atoms with Gasteiger partial charge < -0.3 is 15.6 Å². The van der Waals surface area contributed by atoms with E-state index in [1.807, 2.05) is 25.1 Å². The summed E-state index contributed by atoms with van der Waals surface area (Å²) in [6.07, 6.45) is 5.48. The fourth-order valence-corrected chi connectivity index (χ4v) is 2.08. The van der Waals surface area contributed by atoms with E-state index in [4.69, 9.17) is 0 Å². The van der Waals surface area contributed by atoms with E-state index < -0.39 is 0 Å². The highest BCUT2D eigenvalue weighted by Gasteiger charge is 2.18. The van der Waals surface area contributed by atoms with E-state index in [-0.39, 0.29) is 12.5 Å². The average Bonchev–Trinajstić information content (AvgIpc) is 2.31. The molecular weight excluding hydrogens is 216 g/mol. The van der Waals surface area contributed by atoms with Crippen molar-refractivity contribution >= 4 is 0 Å². The predicted molar refractivity (Wildman–Crippen MR) is 64.9 cm³/mol. The summed E-state index contributed by atoms with van der Waals surface area (Å²) in [5, 5.41) is 23.8. The van der Waals surface area contributed by atoms with Crippen molar-refractivity contribution in [3.63, 3.8) is 0 Å². The maximum Gasteiger partial charge on any atom is 0.193 e. The monoisotopic (exact) mass is 232 g/mol. The zero-order valence-corrected chi connectivity index (χ0v) is 9.97. The highest BCUT2D eigenvalue weighted by Crippen LogP contribution is 2.25. The molecule has 4 nitrogen and oxygen atoms in total. The van der Waals surface area contributed by atoms with Crippen LogP contribution in [0.1, 0.15) is 24.1 Å². The summed E-state index contributed by atoms with van der Waals surface area (Å²) in [5.74, 6) is 0.0415. The Hall–Kier alpha value is -1.81. The van der Waals surface area contributed by atoms with Crippen molar-refractivity contribution in [2.24, 2.45) is 0 Å². The molecule has 2 N–H and O–H groups in total. The minimum Gasteiger partial charge on any atom is -0.619 e. The van der Waals surface area contributed by atoms with Gasteiger partial charge in [0.15, 0.2) is 11.9 Å². The number of dihydropyridines is 1. The molecule has 0 saturated heterocycles. The van der Waals surface area contributed by atoms with Crippen LogP contribution in [0.4, 0.5) is 0 Å². The van der Waals surface area contributed by atoms with E-state index in [0.717, 1.165) is 21.7 Å². The molecule has 1 aromatic rings. The van der Waals surface area contributed by atoms with E-state index in [9.17, 15) is 10.3 Å². The van der Waals surface area contributed by atoms with Crippen LogP contribution in [0.2, 0.25) is 0 Å². The van der Waals surface area contributed by atoms with Crippen molar-refractivity contribution in [1.29, 1.82) is 0 Å². The van der Waals surface area contributed by atoms with E-state index >= 15 is 0 Å². The standard InChI is InChI=1S/C13H16N2O2/c1-9-6-11(7-12(8-16)14-9)13-4-3-5-15(17)10(13)2/h3-7,11,14,16H,8H2,1-2H3. The lowest BCUT2D eigenvalue weighted by Crippen LogP contribution is -2.31. The summed E-state index contributed by atoms with van der Waals surface area (Å²) in [6, 6.07) is 3.68. The van der Waals surface area contributed by atoms with Crippen LogP contribution in [0.5, 0.6) is 0 Å². The van der Waals surface area contributed by atoms with Crippen molar-refractivity contribution in [3.05, 3.63) is 58.3 Å². The summed E-state index contributed by atoms with van der Waals surface area (Å²) >= 11 is 0. The number of aliphatic hydroxyl groups excluding tert-OH is 1. The Bertz CT molecular complexity index is 492. The third-order valence-electron chi connectivity index (χ3n) is 2.94. The number of nitrogens with one attached hydrogen (secondary N) is 1. The number of hydrogen-bond acceptors (Lipinski definition) is 3. The van der Waals surface area contributed by atoms with Gasteiger partial charge in [-0.15, -0.1) is 0 Å². The molecule has 0 aliphatic carbocycles. The van der Waals surface area contributed by atoms with Crippen LogP contribution >= 0.6 is 0 Å². The van der Waals surface area contributed by atoms with Gasteiger partial charge in [-0.25, -0.2) is 0 Å². The second-order valence-electron chi connectivity index (χ2n) is 4.23. The minimum absolute atomic E-state index is 0.0229. The quantitative estimate of drug-likeness (QED) is 0.593. The maximum atomic E-state index is 11.5. The van der Waals surface area contributed by atoms with Gasteiger partial charge >= 0.3 is 0 Å². The molecule has 0 fully saturated rings. The minimum atomic E-state index is -0.0229. The smallest absolute Gasteiger partial charge is 0.193 e. The molecule has 0 bridgehead atoms. The van der Waals surface area contributed by atoms with Crippen LogP contribution in [0.25, 0.3) is 0 Å². The molecule has 0 amide bonds. The molecule has 0 saturated carbocycles. The lowest BCUT2D eigenvalue weighted by Gasteiger charge is -2.20. The molecule has 1 aromatic heterocycles. The lowest BCUT2D eigenvalue weighted by atomic mass is 9.93. The van der Waals surface area contributed by atoms with Gasteiger partial charge in [-0.05, 0) is 13.0 Å². The van der Waals surface area contributed by atoms with Crippen molar-refractivity contribution in [3.8, 4) is 0 Å². The van der Waals surface area contributed by atoms with Gasteiger partial charge in [-0.1, -0.05) is 12.2 Å². The van der Waals surface area contributed by atoms with Gasteiger partial charge in [0, 0.05) is 35.9 Å². The first-order valence-corrected chi connectivity index (χ1v) is 5.57. The highest BCUT2D eigenvalue weighted by atomic mass is 16.5. The van der Waals surface area contributed by atoms with Gasteiger partial charge in [-0.3, -0.25) is 0 Å². The first-order valence-electron chi connectivity index (χ1n) is 5.57. The largest absolute Gasteiger partial charge is 0.619 e. The van der Waals surface area contributed by atoms with E-state index in [1.54, 1.807) is 13.0 Å². The molecule has 0 spiro atoms. The van der Waals surface area contributed by atoms with Gasteiger partial charge in [0.1, 0.15) is 0 Å². The summed E-state index contributed by atoms with van der Waals surface area (Å²) in [5.41, 5.74) is 3.42. The number of pyridine rings is 1. The molecular formula is C13H16N2O2. The van der Waals surface area contributed by atoms with Crippen LogP contribution in [-0.4, -0.2) is 11.7 Å². The molecule has 1 unspecified atom stereocenters. The van der Waals surface area contributed by atoms with Gasteiger partial charge in [0.2, 0.25) is 0 Å². The predicted octanol–water partition coefficient (Wildman–Crippen LogP) is 1.10. The Balaban J connectivity index is 2.42. The zero-order valence-electron chi connectivity index (χ0n) is 9.97. The van der Waals surface area contributed by atoms with Crippen LogP contribution in [0, 0.1) is 12.1 Å². The maximum absolute atomic E-state index is 11.5. The van der Waals surface area contributed by atoms with Crippen molar-refractivity contribution < 1.29 is 9.84 Å². The number of hydrogen-bond donors (Lipinski definition) is 2. The fraction of sp³-hybridized carbons (Fsp3) is 0.308. The zero-order chi connectivity index (χ0) is 12.4. The van der Waals surface area contributed by atoms with Crippen molar-refractivity contribution in [2.75, 3.05) is 6.61 Å². The van der Waals surface area contributed by atoms with Crippen molar-refractivity contribution in [1.82, 2.24) is 5.32 Å². The third-order valence-corrected chi connectivity index (χ3v) is 2.94. The topological polar surface area (TPSA) is 59.2 Å². The molecule has 0 aromatic carbocycles. The number of rotatable bonds is 2. The summed E-state index contributed by atoms with van der Waals surface area (Å²) in [4.78, 5) is 0. The molecule has 0 radical (unpaired) electrons. The summed E-state index contributed by atoms with van der Waals surface area (Å²) in [6.45, 7) is 3.73. The Morgan fingerprint density at radius 2 is 2.18 bits per heavy atom. The Labute approximate surface area is 100 Å². The van der Waals surface area contributed by atoms with Crippen LogP contribution in [0.15, 0.2) is 41.9 Å². The molecule has 2 rings (SSSR count). The first-order chi connectivity index (χ1) is 8.11. The molecule has 90 valence electrons. The lowest BCUT2D eigenvalue weighted by molar-refractivity contribution is -0.612. The summed E-state index contributed by atoms with van der Waals surface area (Å²) in [7, 11) is 0. The highest BCUT2D eigenvalue weighted by molar-refractivity contribution is 5.35. The van der Waals surface area contributed by atoms with Crippen LogP contribution in [-0.2, 0) is 0 Å². The normalized spacial score (nSPS) is 19.4. The van der Waals surface area contributed by atoms with Crippen LogP contribution in [0.3, 0.4) is 0 Å². The fourth-order valence-electron chi connectivity index (χ4n) is 2.08. The molecule has 17 heavy (non-hydrogen) atoms. The van der Waals surface area contributed by atoms with Crippen molar-refractivity contribution in [2.45, 2.75) is 19.8 Å². The third kappa shape index (κ3) is 2.31. The number of aromatic nitrogens is 1. The number of allylic oxidation sites excluding steroid dienone is 3. The van der Waals surface area contributed by atoms with E-state index in [1.165, 1.54) is 6.20 Å². The summed E-state index contributed by atoms with van der Waals surface area (Å²) < 4.78 is 0.868. The van der Waals surface area contributed by atoms with Crippen LogP contribution < -0.4 is 10.0 Å². The number of aliphatic hydroxyl groups is 1. The molecule has 1 aliphatic rings. The SMILES string of the molecule is CC1=CC(c2ccc[n+]([O-])c2C)C=C(CO)N1. The molecule has 4 heteroatoms. The van der Waals surface area contributed by atoms with Gasteiger partial charge in [0.25, 0.3) is 0 Å².